The van der Waals surface area contributed by atoms with Crippen molar-refractivity contribution in [3.63, 3.8) is 0 Å². The van der Waals surface area contributed by atoms with E-state index in [1.54, 1.807) is 12.1 Å². The molecular weight excluding hydrogens is 346 g/mol. The summed E-state index contributed by atoms with van der Waals surface area (Å²) in [6.07, 6.45) is 2.94. The zero-order valence-electron chi connectivity index (χ0n) is 14.9. The Balaban J connectivity index is 2.76. The predicted molar refractivity (Wildman–Crippen MR) is 97.4 cm³/mol. The fourth-order valence-corrected chi connectivity index (χ4v) is 2.04. The Morgan fingerprint density at radius 3 is 2.64 bits per heavy atom. The number of carbonyl (C=O) groups is 2. The van der Waals surface area contributed by atoms with E-state index in [1.807, 2.05) is 20.8 Å². The van der Waals surface area contributed by atoms with Crippen molar-refractivity contribution in [2.75, 3.05) is 13.7 Å². The first-order chi connectivity index (χ1) is 11.9. The highest BCUT2D eigenvalue weighted by Crippen LogP contribution is 2.36. The van der Waals surface area contributed by atoms with Gasteiger partial charge in [0.1, 0.15) is 0 Å². The molecule has 0 radical (unpaired) electrons. The minimum atomic E-state index is -0.836. The number of hydrazone groups is 1. The molecule has 1 rings (SSSR count). The van der Waals surface area contributed by atoms with E-state index in [-0.39, 0.29) is 6.04 Å². The van der Waals surface area contributed by atoms with Crippen molar-refractivity contribution in [3.05, 3.63) is 22.7 Å². The van der Waals surface area contributed by atoms with Crippen LogP contribution in [0.2, 0.25) is 5.02 Å². The van der Waals surface area contributed by atoms with Gasteiger partial charge < -0.3 is 14.8 Å². The number of hydrogen-bond donors (Lipinski definition) is 2. The van der Waals surface area contributed by atoms with Crippen molar-refractivity contribution in [3.8, 4) is 11.5 Å². The van der Waals surface area contributed by atoms with Gasteiger partial charge in [0.25, 0.3) is 0 Å². The fraction of sp³-hybridized carbons (Fsp3) is 0.471. The van der Waals surface area contributed by atoms with Gasteiger partial charge in [-0.25, -0.2) is 5.43 Å². The van der Waals surface area contributed by atoms with Crippen LogP contribution >= 0.6 is 11.6 Å². The van der Waals surface area contributed by atoms with E-state index in [4.69, 9.17) is 21.1 Å². The molecule has 1 atom stereocenters. The van der Waals surface area contributed by atoms with Gasteiger partial charge in [-0.15, -0.1) is 0 Å². The van der Waals surface area contributed by atoms with Crippen molar-refractivity contribution in [1.29, 1.82) is 0 Å². The molecule has 1 aromatic rings. The van der Waals surface area contributed by atoms with E-state index < -0.39 is 11.8 Å². The van der Waals surface area contributed by atoms with Gasteiger partial charge in [-0.1, -0.05) is 25.4 Å². The van der Waals surface area contributed by atoms with Crippen LogP contribution in [0.5, 0.6) is 11.5 Å². The van der Waals surface area contributed by atoms with E-state index in [0.717, 1.165) is 12.8 Å². The van der Waals surface area contributed by atoms with Gasteiger partial charge in [0, 0.05) is 6.04 Å². The molecule has 25 heavy (non-hydrogen) atoms. The van der Waals surface area contributed by atoms with Gasteiger partial charge in [0.2, 0.25) is 0 Å². The molecule has 2 N–H and O–H groups in total. The first-order valence-electron chi connectivity index (χ1n) is 8.07. The molecule has 8 heteroatoms. The Labute approximate surface area is 152 Å². The van der Waals surface area contributed by atoms with Gasteiger partial charge in [-0.2, -0.15) is 5.10 Å². The number of halogens is 1. The van der Waals surface area contributed by atoms with Crippen LogP contribution in [-0.4, -0.2) is 37.8 Å². The molecule has 138 valence electrons. The van der Waals surface area contributed by atoms with Crippen LogP contribution in [0.25, 0.3) is 0 Å². The second-order valence-electron chi connectivity index (χ2n) is 5.36. The SMILES string of the molecule is CCCOc1c(Cl)cc(/C=N\NC(=O)C(=O)N[C@H](C)CC)cc1OC. The maximum absolute atomic E-state index is 11.6. The molecule has 7 nitrogen and oxygen atoms in total. The normalized spacial score (nSPS) is 11.9. The first kappa shape index (κ1) is 20.8. The third kappa shape index (κ3) is 6.62. The van der Waals surface area contributed by atoms with Crippen molar-refractivity contribution in [2.45, 2.75) is 39.7 Å². The van der Waals surface area contributed by atoms with Crippen LogP contribution in [0.15, 0.2) is 17.2 Å². The summed E-state index contributed by atoms with van der Waals surface area (Å²) in [7, 11) is 1.51. The summed E-state index contributed by atoms with van der Waals surface area (Å²) in [5.41, 5.74) is 2.76. The summed E-state index contributed by atoms with van der Waals surface area (Å²) in [5, 5.41) is 6.68. The highest BCUT2D eigenvalue weighted by Gasteiger charge is 2.14. The Bertz CT molecular complexity index is 635. The molecule has 0 saturated heterocycles. The van der Waals surface area contributed by atoms with Gasteiger partial charge in [-0.3, -0.25) is 9.59 Å². The topological polar surface area (TPSA) is 89.0 Å². The van der Waals surface area contributed by atoms with Crippen LogP contribution in [0.3, 0.4) is 0 Å². The third-order valence-corrected chi connectivity index (χ3v) is 3.56. The minimum absolute atomic E-state index is 0.0824. The van der Waals surface area contributed by atoms with Crippen LogP contribution < -0.4 is 20.2 Å². The van der Waals surface area contributed by atoms with Crippen LogP contribution in [0.1, 0.15) is 39.2 Å². The summed E-state index contributed by atoms with van der Waals surface area (Å²) in [6, 6.07) is 3.22. The number of nitrogens with one attached hydrogen (secondary N) is 2. The molecule has 0 aromatic heterocycles. The lowest BCUT2D eigenvalue weighted by molar-refractivity contribution is -0.139. The predicted octanol–water partition coefficient (Wildman–Crippen LogP) is 2.50. The molecule has 0 spiro atoms. The quantitative estimate of drug-likeness (QED) is 0.418. The second kappa shape index (κ2) is 10.6. The molecule has 0 aliphatic carbocycles. The van der Waals surface area contributed by atoms with Gasteiger partial charge >= 0.3 is 11.8 Å². The average molecular weight is 370 g/mol. The monoisotopic (exact) mass is 369 g/mol. The molecule has 1 aromatic carbocycles. The minimum Gasteiger partial charge on any atom is -0.493 e. The molecular formula is C17H24ClN3O4. The fourth-order valence-electron chi connectivity index (χ4n) is 1.77. The summed E-state index contributed by atoms with van der Waals surface area (Å²) in [6.45, 7) is 6.23. The Kier molecular flexibility index (Phi) is 8.77. The van der Waals surface area contributed by atoms with Crippen LogP contribution in [-0.2, 0) is 9.59 Å². The molecule has 2 amide bonds. The van der Waals surface area contributed by atoms with Crippen LogP contribution in [0.4, 0.5) is 0 Å². The zero-order valence-corrected chi connectivity index (χ0v) is 15.6. The van der Waals surface area contributed by atoms with Crippen molar-refractivity contribution >= 4 is 29.6 Å². The Morgan fingerprint density at radius 2 is 2.04 bits per heavy atom. The standard InChI is InChI=1S/C17H24ClN3O4/c1-5-7-25-15-13(18)8-12(9-14(15)24-4)10-19-21-17(23)16(22)20-11(3)6-2/h8-11H,5-7H2,1-4H3,(H,20,22)(H,21,23)/b19-10-/t11-/m1/s1. The maximum atomic E-state index is 11.6. The lowest BCUT2D eigenvalue weighted by atomic mass is 10.2. The number of nitrogens with zero attached hydrogens (tertiary/aromatic N) is 1. The lowest BCUT2D eigenvalue weighted by Gasteiger charge is -2.12. The number of carbonyl (C=O) groups excluding carboxylic acids is 2. The van der Waals surface area contributed by atoms with Gasteiger partial charge in [0.05, 0.1) is 25.0 Å². The molecule has 0 bridgehead atoms. The van der Waals surface area contributed by atoms with E-state index in [9.17, 15) is 9.59 Å². The number of amides is 2. The van der Waals surface area contributed by atoms with Gasteiger partial charge in [0.15, 0.2) is 11.5 Å². The number of rotatable bonds is 8. The molecule has 0 unspecified atom stereocenters. The smallest absolute Gasteiger partial charge is 0.329 e. The highest BCUT2D eigenvalue weighted by molar-refractivity contribution is 6.35. The maximum Gasteiger partial charge on any atom is 0.329 e. The van der Waals surface area contributed by atoms with Crippen LogP contribution in [0, 0.1) is 0 Å². The number of ether oxygens (including phenoxy) is 2. The molecule has 0 aliphatic heterocycles. The molecule has 0 aliphatic rings. The number of hydrogen-bond acceptors (Lipinski definition) is 5. The average Bonchev–Trinajstić information content (AvgIpc) is 2.59. The van der Waals surface area contributed by atoms with Crippen molar-refractivity contribution < 1.29 is 19.1 Å². The van der Waals surface area contributed by atoms with E-state index in [0.29, 0.717) is 28.7 Å². The lowest BCUT2D eigenvalue weighted by Crippen LogP contribution is -2.41. The Hall–Kier alpha value is -2.28. The van der Waals surface area contributed by atoms with Crippen molar-refractivity contribution in [1.82, 2.24) is 10.7 Å². The Morgan fingerprint density at radius 1 is 1.32 bits per heavy atom. The van der Waals surface area contributed by atoms with E-state index >= 15 is 0 Å². The summed E-state index contributed by atoms with van der Waals surface area (Å²) >= 11 is 6.20. The summed E-state index contributed by atoms with van der Waals surface area (Å²) < 4.78 is 10.8. The van der Waals surface area contributed by atoms with Gasteiger partial charge in [-0.05, 0) is 37.5 Å². The highest BCUT2D eigenvalue weighted by atomic mass is 35.5. The first-order valence-corrected chi connectivity index (χ1v) is 8.44. The number of benzene rings is 1. The largest absolute Gasteiger partial charge is 0.493 e. The third-order valence-electron chi connectivity index (χ3n) is 3.28. The zero-order chi connectivity index (χ0) is 18.8. The molecule has 0 heterocycles. The van der Waals surface area contributed by atoms with Crippen molar-refractivity contribution in [2.24, 2.45) is 5.10 Å². The summed E-state index contributed by atoms with van der Waals surface area (Å²) in [5.74, 6) is -0.647. The summed E-state index contributed by atoms with van der Waals surface area (Å²) in [4.78, 5) is 23.2. The molecule has 0 fully saturated rings. The second-order valence-corrected chi connectivity index (χ2v) is 5.77. The van der Waals surface area contributed by atoms with E-state index in [2.05, 4.69) is 15.8 Å². The number of methoxy groups -OCH3 is 1. The van der Waals surface area contributed by atoms with E-state index in [1.165, 1.54) is 13.3 Å². The molecule has 0 saturated carbocycles.